The standard InChI is InChI=1S/C21H29N3O2S/c1-16-6-8-18(9-7-16)22-20(26)23-12-10-21(11-13-23)24(14-15-27-21)19(25)17-4-2-3-5-17/h6-9,17H,2-5,10-15H2,1H3,(H,22,26). The SMILES string of the molecule is Cc1ccc(NC(=O)N2CCC3(CC2)SCCN3C(=O)C2CCCC2)cc1. The van der Waals surface area contributed by atoms with Crippen molar-refractivity contribution in [2.45, 2.75) is 50.3 Å². The second kappa shape index (κ2) is 7.74. The minimum Gasteiger partial charge on any atom is -0.327 e. The maximum atomic E-state index is 13.0. The second-order valence-corrected chi connectivity index (χ2v) is 9.51. The fraction of sp³-hybridized carbons (Fsp3) is 0.619. The highest BCUT2D eigenvalue weighted by Crippen LogP contribution is 2.45. The van der Waals surface area contributed by atoms with E-state index in [9.17, 15) is 9.59 Å². The summed E-state index contributed by atoms with van der Waals surface area (Å²) in [4.78, 5) is 29.6. The monoisotopic (exact) mass is 387 g/mol. The Morgan fingerprint density at radius 3 is 2.41 bits per heavy atom. The largest absolute Gasteiger partial charge is 0.327 e. The third kappa shape index (κ3) is 3.82. The van der Waals surface area contributed by atoms with E-state index in [-0.39, 0.29) is 16.8 Å². The van der Waals surface area contributed by atoms with Crippen molar-refractivity contribution >= 4 is 29.4 Å². The lowest BCUT2D eigenvalue weighted by Crippen LogP contribution is -2.55. The molecule has 3 fully saturated rings. The molecule has 2 heterocycles. The molecule has 5 nitrogen and oxygen atoms in total. The summed E-state index contributed by atoms with van der Waals surface area (Å²) in [5, 5.41) is 3.00. The Hall–Kier alpha value is -1.69. The van der Waals surface area contributed by atoms with Crippen LogP contribution in [0.25, 0.3) is 0 Å². The molecule has 1 aromatic carbocycles. The number of nitrogens with one attached hydrogen (secondary N) is 1. The number of urea groups is 1. The van der Waals surface area contributed by atoms with Crippen LogP contribution in [0.4, 0.5) is 10.5 Å². The van der Waals surface area contributed by atoms with Gasteiger partial charge in [0.1, 0.15) is 0 Å². The summed E-state index contributed by atoms with van der Waals surface area (Å²) in [6.45, 7) is 4.32. The van der Waals surface area contributed by atoms with E-state index in [1.165, 1.54) is 18.4 Å². The molecule has 1 saturated carbocycles. The van der Waals surface area contributed by atoms with Crippen molar-refractivity contribution in [3.63, 3.8) is 0 Å². The maximum Gasteiger partial charge on any atom is 0.321 e. The van der Waals surface area contributed by atoms with Gasteiger partial charge in [-0.3, -0.25) is 4.79 Å². The highest BCUT2D eigenvalue weighted by Gasteiger charge is 2.48. The summed E-state index contributed by atoms with van der Waals surface area (Å²) in [5.41, 5.74) is 2.01. The van der Waals surface area contributed by atoms with Crippen LogP contribution in [-0.2, 0) is 4.79 Å². The number of hydrogen-bond donors (Lipinski definition) is 1. The minimum atomic E-state index is -0.0830. The van der Waals surface area contributed by atoms with Gasteiger partial charge in [-0.2, -0.15) is 0 Å². The lowest BCUT2D eigenvalue weighted by Gasteiger charge is -2.44. The first-order valence-electron chi connectivity index (χ1n) is 10.2. The van der Waals surface area contributed by atoms with Gasteiger partial charge in [0.05, 0.1) is 4.87 Å². The van der Waals surface area contributed by atoms with Crippen LogP contribution in [0, 0.1) is 12.8 Å². The van der Waals surface area contributed by atoms with Crippen molar-refractivity contribution in [1.29, 1.82) is 0 Å². The van der Waals surface area contributed by atoms with Crippen molar-refractivity contribution in [3.8, 4) is 0 Å². The van der Waals surface area contributed by atoms with Crippen LogP contribution in [-0.4, -0.2) is 52.0 Å². The van der Waals surface area contributed by atoms with E-state index < -0.39 is 0 Å². The zero-order valence-electron chi connectivity index (χ0n) is 16.1. The Balaban J connectivity index is 1.36. The molecule has 3 amide bonds. The topological polar surface area (TPSA) is 52.7 Å². The minimum absolute atomic E-state index is 0.0367. The van der Waals surface area contributed by atoms with Gasteiger partial charge < -0.3 is 15.1 Å². The number of rotatable bonds is 2. The summed E-state index contributed by atoms with van der Waals surface area (Å²) < 4.78 is 0. The summed E-state index contributed by atoms with van der Waals surface area (Å²) >= 11 is 1.93. The quantitative estimate of drug-likeness (QED) is 0.832. The number of amides is 3. The zero-order valence-corrected chi connectivity index (χ0v) is 16.9. The fourth-order valence-electron chi connectivity index (χ4n) is 4.63. The molecule has 0 radical (unpaired) electrons. The molecule has 1 spiro atoms. The van der Waals surface area contributed by atoms with Gasteiger partial charge in [0, 0.05) is 37.0 Å². The number of aryl methyl sites for hydroxylation is 1. The summed E-state index contributed by atoms with van der Waals surface area (Å²) in [7, 11) is 0. The molecule has 1 aromatic rings. The fourth-order valence-corrected chi connectivity index (χ4v) is 6.09. The number of piperidine rings is 1. The molecule has 1 aliphatic carbocycles. The van der Waals surface area contributed by atoms with Gasteiger partial charge in [-0.05, 0) is 44.7 Å². The number of carbonyl (C=O) groups is 2. The Labute approximate surface area is 165 Å². The highest BCUT2D eigenvalue weighted by atomic mass is 32.2. The molecular formula is C21H29N3O2S. The Bertz CT molecular complexity index is 692. The molecule has 0 bridgehead atoms. The van der Waals surface area contributed by atoms with Crippen LogP contribution in [0.5, 0.6) is 0 Å². The van der Waals surface area contributed by atoms with Crippen molar-refractivity contribution in [3.05, 3.63) is 29.8 Å². The molecule has 3 aliphatic rings. The van der Waals surface area contributed by atoms with Gasteiger partial charge >= 0.3 is 6.03 Å². The number of hydrogen-bond acceptors (Lipinski definition) is 3. The smallest absolute Gasteiger partial charge is 0.321 e. The van der Waals surface area contributed by atoms with Crippen LogP contribution >= 0.6 is 11.8 Å². The molecule has 2 saturated heterocycles. The molecule has 27 heavy (non-hydrogen) atoms. The molecule has 1 N–H and O–H groups in total. The van der Waals surface area contributed by atoms with E-state index >= 15 is 0 Å². The van der Waals surface area contributed by atoms with Crippen LogP contribution in [0.15, 0.2) is 24.3 Å². The van der Waals surface area contributed by atoms with Gasteiger partial charge in [-0.1, -0.05) is 30.5 Å². The third-order valence-electron chi connectivity index (χ3n) is 6.28. The molecule has 0 unspecified atom stereocenters. The predicted molar refractivity (Wildman–Crippen MR) is 110 cm³/mol. The van der Waals surface area contributed by atoms with E-state index in [4.69, 9.17) is 0 Å². The van der Waals surface area contributed by atoms with Gasteiger partial charge in [0.25, 0.3) is 0 Å². The zero-order chi connectivity index (χ0) is 18.9. The van der Waals surface area contributed by atoms with E-state index in [1.54, 1.807) is 0 Å². The van der Waals surface area contributed by atoms with Crippen molar-refractivity contribution in [2.75, 3.05) is 30.7 Å². The Kier molecular flexibility index (Phi) is 5.35. The third-order valence-corrected chi connectivity index (χ3v) is 7.84. The van der Waals surface area contributed by atoms with Crippen LogP contribution < -0.4 is 5.32 Å². The Morgan fingerprint density at radius 2 is 1.74 bits per heavy atom. The van der Waals surface area contributed by atoms with Crippen LogP contribution in [0.3, 0.4) is 0 Å². The lowest BCUT2D eigenvalue weighted by molar-refractivity contribution is -0.138. The summed E-state index contributed by atoms with van der Waals surface area (Å²) in [6, 6.07) is 7.84. The van der Waals surface area contributed by atoms with Crippen molar-refractivity contribution < 1.29 is 9.59 Å². The summed E-state index contributed by atoms with van der Waals surface area (Å²) in [6.07, 6.45) is 6.24. The number of thioether (sulfide) groups is 1. The number of carbonyl (C=O) groups excluding carboxylic acids is 2. The number of nitrogens with zero attached hydrogens (tertiary/aromatic N) is 2. The molecule has 0 aromatic heterocycles. The average molecular weight is 388 g/mol. The summed E-state index contributed by atoms with van der Waals surface area (Å²) in [5.74, 6) is 1.63. The van der Waals surface area contributed by atoms with Crippen LogP contribution in [0.1, 0.15) is 44.1 Å². The molecule has 2 aliphatic heterocycles. The first-order valence-corrected chi connectivity index (χ1v) is 11.1. The molecule has 146 valence electrons. The molecular weight excluding hydrogens is 358 g/mol. The number of likely N-dealkylation sites (tertiary alicyclic amines) is 1. The van der Waals surface area contributed by atoms with Gasteiger partial charge in [-0.25, -0.2) is 4.79 Å². The number of benzene rings is 1. The second-order valence-electron chi connectivity index (χ2n) is 8.05. The first-order chi connectivity index (χ1) is 13.1. The molecule has 0 atom stereocenters. The molecule has 4 rings (SSSR count). The van der Waals surface area contributed by atoms with Gasteiger partial charge in [0.2, 0.25) is 5.91 Å². The van der Waals surface area contributed by atoms with E-state index in [0.29, 0.717) is 19.0 Å². The Morgan fingerprint density at radius 1 is 1.07 bits per heavy atom. The van der Waals surface area contributed by atoms with E-state index in [0.717, 1.165) is 43.7 Å². The van der Waals surface area contributed by atoms with E-state index in [1.807, 2.05) is 47.9 Å². The lowest BCUT2D eigenvalue weighted by atomic mass is 9.99. The first kappa shape index (κ1) is 18.7. The van der Waals surface area contributed by atoms with Crippen LogP contribution in [0.2, 0.25) is 0 Å². The maximum absolute atomic E-state index is 13.0. The normalized spacial score (nSPS) is 22.4. The average Bonchev–Trinajstić information content (AvgIpc) is 3.34. The van der Waals surface area contributed by atoms with Crippen molar-refractivity contribution in [1.82, 2.24) is 9.80 Å². The molecule has 6 heteroatoms. The highest BCUT2D eigenvalue weighted by molar-refractivity contribution is 8.00. The van der Waals surface area contributed by atoms with Crippen molar-refractivity contribution in [2.24, 2.45) is 5.92 Å². The van der Waals surface area contributed by atoms with Gasteiger partial charge in [-0.15, -0.1) is 11.8 Å². The van der Waals surface area contributed by atoms with Gasteiger partial charge in [0.15, 0.2) is 0 Å². The number of anilines is 1. The predicted octanol–water partition coefficient (Wildman–Crippen LogP) is 4.08. The van der Waals surface area contributed by atoms with E-state index in [2.05, 4.69) is 10.2 Å².